The Labute approximate surface area is 190 Å². The fourth-order valence-electron chi connectivity index (χ4n) is 4.08. The first-order valence-electron chi connectivity index (χ1n) is 10.8. The maximum Gasteiger partial charge on any atom is 0.274 e. The van der Waals surface area contributed by atoms with Gasteiger partial charge in [-0.2, -0.15) is 4.98 Å². The third-order valence-corrected chi connectivity index (χ3v) is 8.19. The van der Waals surface area contributed by atoms with Gasteiger partial charge in [0.1, 0.15) is 11.4 Å². The lowest BCUT2D eigenvalue weighted by atomic mass is 10.2. The normalized spacial score (nSPS) is 18.9. The molecule has 168 valence electrons. The van der Waals surface area contributed by atoms with Crippen molar-refractivity contribution in [3.63, 3.8) is 0 Å². The molecule has 10 heteroatoms. The Morgan fingerprint density at radius 1 is 1.19 bits per heavy atom. The number of anilines is 3. The molecule has 0 bridgehead atoms. The van der Waals surface area contributed by atoms with Crippen molar-refractivity contribution in [2.75, 3.05) is 48.8 Å². The van der Waals surface area contributed by atoms with Crippen LogP contribution in [0.4, 0.5) is 17.3 Å². The predicted octanol–water partition coefficient (Wildman–Crippen LogP) is 3.08. The summed E-state index contributed by atoms with van der Waals surface area (Å²) in [5, 5.41) is 10.4. The standard InChI is InChI=1S/C21H30N6O2S2/c1-14-21(31(29)18-13-30-12-17(18)23-15(2)28)25-19(24-16-6-4-5-7-16)20(22-14)27-10-8-26(3)9-11-27/h12-13,16H,4-11H2,1-3H3,(H,23,28)(H,24,25). The van der Waals surface area contributed by atoms with Crippen LogP contribution in [0, 0.1) is 6.92 Å². The summed E-state index contributed by atoms with van der Waals surface area (Å²) in [7, 11) is 2.13. The zero-order chi connectivity index (χ0) is 22.0. The first-order chi connectivity index (χ1) is 14.9. The van der Waals surface area contributed by atoms with Gasteiger partial charge >= 0.3 is 0 Å². The molecule has 1 saturated heterocycles. The summed E-state index contributed by atoms with van der Waals surface area (Å²) in [6.45, 7) is 7.05. The fourth-order valence-corrected chi connectivity index (χ4v) is 6.32. The van der Waals surface area contributed by atoms with Gasteiger partial charge in [-0.05, 0) is 26.8 Å². The van der Waals surface area contributed by atoms with Crippen molar-refractivity contribution in [2.24, 2.45) is 0 Å². The molecule has 8 nitrogen and oxygen atoms in total. The van der Waals surface area contributed by atoms with Crippen LogP contribution in [0.3, 0.4) is 0 Å². The number of aryl methyl sites for hydroxylation is 1. The molecule has 1 unspecified atom stereocenters. The largest absolute Gasteiger partial charge is 0.605 e. The molecule has 3 heterocycles. The van der Waals surface area contributed by atoms with Gasteiger partial charge in [-0.3, -0.25) is 4.79 Å². The Morgan fingerprint density at radius 2 is 1.90 bits per heavy atom. The van der Waals surface area contributed by atoms with E-state index in [0.29, 0.717) is 27.3 Å². The lowest BCUT2D eigenvalue weighted by molar-refractivity contribution is -0.114. The molecule has 4 rings (SSSR count). The van der Waals surface area contributed by atoms with Crippen molar-refractivity contribution in [1.82, 2.24) is 14.9 Å². The molecular weight excluding hydrogens is 432 g/mol. The number of thiophene rings is 1. The average molecular weight is 463 g/mol. The monoisotopic (exact) mass is 462 g/mol. The minimum Gasteiger partial charge on any atom is -0.605 e. The van der Waals surface area contributed by atoms with E-state index in [4.69, 9.17) is 9.97 Å². The number of hydrogen-bond acceptors (Lipinski definition) is 8. The Balaban J connectivity index is 1.68. The van der Waals surface area contributed by atoms with E-state index in [0.717, 1.165) is 50.7 Å². The summed E-state index contributed by atoms with van der Waals surface area (Å²) in [6.07, 6.45) is 4.67. The summed E-state index contributed by atoms with van der Waals surface area (Å²) in [6, 6.07) is 0.376. The first-order valence-corrected chi connectivity index (χ1v) is 12.9. The van der Waals surface area contributed by atoms with E-state index in [1.165, 1.54) is 31.1 Å². The molecular formula is C21H30N6O2S2. The summed E-state index contributed by atoms with van der Waals surface area (Å²) < 4.78 is 13.5. The van der Waals surface area contributed by atoms with Gasteiger partial charge in [0.2, 0.25) is 5.91 Å². The Bertz CT molecular complexity index is 923. The molecule has 31 heavy (non-hydrogen) atoms. The van der Waals surface area contributed by atoms with Crippen LogP contribution >= 0.6 is 11.3 Å². The number of aromatic nitrogens is 2. The second-order valence-corrected chi connectivity index (χ2v) is 10.4. The van der Waals surface area contributed by atoms with Crippen molar-refractivity contribution < 1.29 is 9.35 Å². The first kappa shape index (κ1) is 22.3. The molecule has 0 radical (unpaired) electrons. The van der Waals surface area contributed by atoms with E-state index in [9.17, 15) is 9.35 Å². The maximum absolute atomic E-state index is 13.5. The quantitative estimate of drug-likeness (QED) is 0.637. The number of carbonyl (C=O) groups is 1. The molecule has 2 aromatic rings. The number of rotatable bonds is 6. The summed E-state index contributed by atoms with van der Waals surface area (Å²) in [4.78, 5) is 26.4. The Kier molecular flexibility index (Phi) is 7.00. The van der Waals surface area contributed by atoms with Gasteiger partial charge in [0.25, 0.3) is 5.03 Å². The Hall–Kier alpha value is -1.88. The molecule has 2 fully saturated rings. The van der Waals surface area contributed by atoms with Crippen molar-refractivity contribution >= 4 is 45.7 Å². The number of amides is 1. The molecule has 1 atom stereocenters. The Morgan fingerprint density at radius 3 is 2.58 bits per heavy atom. The van der Waals surface area contributed by atoms with Gasteiger partial charge in [0.15, 0.2) is 16.5 Å². The van der Waals surface area contributed by atoms with Gasteiger partial charge in [0, 0.05) is 61.1 Å². The van der Waals surface area contributed by atoms with Crippen LogP contribution in [-0.2, 0) is 16.0 Å². The van der Waals surface area contributed by atoms with E-state index in [-0.39, 0.29) is 5.91 Å². The molecule has 2 N–H and O–H groups in total. The highest BCUT2D eigenvalue weighted by molar-refractivity contribution is 7.91. The van der Waals surface area contributed by atoms with E-state index in [1.807, 2.05) is 6.92 Å². The fraction of sp³-hybridized carbons (Fsp3) is 0.571. The van der Waals surface area contributed by atoms with E-state index < -0.39 is 11.2 Å². The van der Waals surface area contributed by atoms with E-state index in [2.05, 4.69) is 27.5 Å². The molecule has 1 aliphatic heterocycles. The highest BCUT2D eigenvalue weighted by Crippen LogP contribution is 2.35. The number of likely N-dealkylation sites (N-methyl/N-ethyl adjacent to an activating group) is 1. The van der Waals surface area contributed by atoms with Crippen LogP contribution in [0.25, 0.3) is 0 Å². The smallest absolute Gasteiger partial charge is 0.274 e. The van der Waals surface area contributed by atoms with Crippen molar-refractivity contribution in [1.29, 1.82) is 0 Å². The third kappa shape index (κ3) is 5.14. The molecule has 1 amide bonds. The molecule has 1 aliphatic carbocycles. The second-order valence-electron chi connectivity index (χ2n) is 8.30. The van der Waals surface area contributed by atoms with Gasteiger partial charge in [0.05, 0.1) is 0 Å². The minimum absolute atomic E-state index is 0.187. The molecule has 2 aromatic heterocycles. The van der Waals surface area contributed by atoms with Crippen molar-refractivity contribution in [2.45, 2.75) is 55.5 Å². The highest BCUT2D eigenvalue weighted by atomic mass is 32.2. The SMILES string of the molecule is CC(=O)Nc1cscc1[S+]([O-])c1nc(NC2CCCC2)c(N2CCN(C)CC2)nc1C. The van der Waals surface area contributed by atoms with Crippen LogP contribution in [-0.4, -0.2) is 64.6 Å². The zero-order valence-electron chi connectivity index (χ0n) is 18.3. The summed E-state index contributed by atoms with van der Waals surface area (Å²) in [5.74, 6) is 1.39. The van der Waals surface area contributed by atoms with Crippen LogP contribution in [0.1, 0.15) is 38.3 Å². The van der Waals surface area contributed by atoms with Crippen LogP contribution in [0.5, 0.6) is 0 Å². The molecule has 1 saturated carbocycles. The molecule has 0 aromatic carbocycles. The lowest BCUT2D eigenvalue weighted by Crippen LogP contribution is -2.45. The van der Waals surface area contributed by atoms with E-state index in [1.54, 1.807) is 10.8 Å². The number of piperazine rings is 1. The van der Waals surface area contributed by atoms with Crippen molar-refractivity contribution in [3.8, 4) is 0 Å². The highest BCUT2D eigenvalue weighted by Gasteiger charge is 2.30. The summed E-state index contributed by atoms with van der Waals surface area (Å²) >= 11 is -0.123. The number of hydrogen-bond donors (Lipinski definition) is 2. The van der Waals surface area contributed by atoms with Crippen LogP contribution in [0.2, 0.25) is 0 Å². The van der Waals surface area contributed by atoms with Gasteiger partial charge in [-0.25, -0.2) is 4.98 Å². The third-order valence-electron chi connectivity index (χ3n) is 5.82. The molecule has 2 aliphatic rings. The predicted molar refractivity (Wildman–Crippen MR) is 126 cm³/mol. The zero-order valence-corrected chi connectivity index (χ0v) is 19.9. The number of nitrogens with zero attached hydrogens (tertiary/aromatic N) is 4. The van der Waals surface area contributed by atoms with Gasteiger partial charge in [-0.15, -0.1) is 11.3 Å². The van der Waals surface area contributed by atoms with Gasteiger partial charge < -0.3 is 25.0 Å². The van der Waals surface area contributed by atoms with E-state index >= 15 is 0 Å². The lowest BCUT2D eigenvalue weighted by Gasteiger charge is -2.34. The van der Waals surface area contributed by atoms with Crippen LogP contribution in [0.15, 0.2) is 20.7 Å². The topological polar surface area (TPSA) is 96.4 Å². The van der Waals surface area contributed by atoms with Crippen molar-refractivity contribution in [3.05, 3.63) is 16.5 Å². The summed E-state index contributed by atoms with van der Waals surface area (Å²) in [5.41, 5.74) is 1.23. The van der Waals surface area contributed by atoms with Crippen LogP contribution < -0.4 is 15.5 Å². The van der Waals surface area contributed by atoms with Gasteiger partial charge in [-0.1, -0.05) is 12.8 Å². The minimum atomic E-state index is -1.53. The maximum atomic E-state index is 13.5. The molecule has 0 spiro atoms. The number of carbonyl (C=O) groups excluding carboxylic acids is 1. The average Bonchev–Trinajstić information content (AvgIpc) is 3.41. The number of nitrogens with one attached hydrogen (secondary N) is 2. The second kappa shape index (κ2) is 9.72.